The van der Waals surface area contributed by atoms with Gasteiger partial charge in [-0.05, 0) is 50.2 Å². The molecule has 32 heavy (non-hydrogen) atoms. The van der Waals surface area contributed by atoms with Crippen LogP contribution in [0, 0.1) is 5.92 Å². The number of halogens is 1. The van der Waals surface area contributed by atoms with Crippen LogP contribution in [0.1, 0.15) is 17.5 Å². The van der Waals surface area contributed by atoms with E-state index in [1.54, 1.807) is 6.07 Å². The third-order valence-corrected chi connectivity index (χ3v) is 7.66. The Hall–Kier alpha value is -2.60. The van der Waals surface area contributed by atoms with Crippen molar-refractivity contribution in [2.75, 3.05) is 13.6 Å². The monoisotopic (exact) mass is 450 g/mol. The molecule has 1 aromatic heterocycles. The van der Waals surface area contributed by atoms with Gasteiger partial charge < -0.3 is 19.8 Å². The molecule has 0 unspecified atom stereocenters. The maximum absolute atomic E-state index is 10.4. The summed E-state index contributed by atoms with van der Waals surface area (Å²) < 4.78 is 6.09. The largest absolute Gasteiger partial charge is 0.504 e. The Morgan fingerprint density at radius 2 is 1.91 bits per heavy atom. The predicted molar refractivity (Wildman–Crippen MR) is 127 cm³/mol. The lowest BCUT2D eigenvalue weighted by molar-refractivity contribution is -0.0453. The average molecular weight is 451 g/mol. The van der Waals surface area contributed by atoms with Crippen LogP contribution < -0.4 is 4.74 Å². The molecule has 166 valence electrons. The number of fused-ring (bicyclic) bond motifs is 1. The number of para-hydroxylation sites is 1. The number of hydrogen-bond acceptors (Lipinski definition) is 5. The van der Waals surface area contributed by atoms with Crippen LogP contribution >= 0.6 is 12.4 Å². The first-order chi connectivity index (χ1) is 15.1. The van der Waals surface area contributed by atoms with Gasteiger partial charge >= 0.3 is 0 Å². The summed E-state index contributed by atoms with van der Waals surface area (Å²) >= 11 is 0. The molecule has 3 aromatic rings. The molecule has 2 bridgehead atoms. The molecular formula is C26H27ClN2O3. The number of nitrogens with zero attached hydrogens (tertiary/aromatic N) is 2. The third kappa shape index (κ3) is 2.88. The molecule has 1 fully saturated rings. The standard InChI is InChI=1S/C17H19NO3.C9H7N.ClH/c1-18-7-6-17-10-3-5-13(20)16(17)21-15-12(19)4-2-9(14(15)17)8-11(10)18;1-2-6-9-8(4-1)5-3-7-10-9;/h2-5,10-11,13,16,19-20H,6-8H2,1H3;1-7H;1H/t10-,11+,13-,16-,17-;;/m0../s1. The highest BCUT2D eigenvalue weighted by Crippen LogP contribution is 2.62. The number of likely N-dealkylation sites (tertiary alicyclic amines) is 1. The van der Waals surface area contributed by atoms with Crippen molar-refractivity contribution < 1.29 is 14.9 Å². The molecule has 5 nitrogen and oxygen atoms in total. The van der Waals surface area contributed by atoms with Gasteiger partial charge in [0.05, 0.1) is 5.52 Å². The average Bonchev–Trinajstić information content (AvgIpc) is 3.16. The smallest absolute Gasteiger partial charge is 0.165 e. The molecule has 0 saturated carbocycles. The Balaban J connectivity index is 0.000000166. The van der Waals surface area contributed by atoms with Crippen LogP contribution in [-0.2, 0) is 11.8 Å². The van der Waals surface area contributed by atoms with E-state index in [1.165, 1.54) is 16.5 Å². The number of aliphatic hydroxyl groups is 1. The summed E-state index contributed by atoms with van der Waals surface area (Å²) in [6, 6.07) is 16.3. The lowest BCUT2D eigenvalue weighted by Gasteiger charge is -2.56. The molecule has 4 aliphatic rings. The lowest BCUT2D eigenvalue weighted by atomic mass is 9.53. The van der Waals surface area contributed by atoms with Gasteiger partial charge in [0, 0.05) is 34.5 Å². The second-order valence-corrected chi connectivity index (χ2v) is 9.13. The molecule has 3 heterocycles. The van der Waals surface area contributed by atoms with Gasteiger partial charge in [0.15, 0.2) is 11.5 Å². The van der Waals surface area contributed by atoms with E-state index in [0.29, 0.717) is 17.7 Å². The van der Waals surface area contributed by atoms with E-state index in [2.05, 4.69) is 35.1 Å². The van der Waals surface area contributed by atoms with Crippen LogP contribution in [0.4, 0.5) is 0 Å². The number of piperidine rings is 1. The zero-order valence-electron chi connectivity index (χ0n) is 17.9. The molecule has 2 aromatic carbocycles. The van der Waals surface area contributed by atoms with Gasteiger partial charge in [-0.25, -0.2) is 0 Å². The van der Waals surface area contributed by atoms with Gasteiger partial charge in [0.2, 0.25) is 0 Å². The van der Waals surface area contributed by atoms with Crippen LogP contribution in [0.3, 0.4) is 0 Å². The minimum atomic E-state index is -0.594. The quantitative estimate of drug-likeness (QED) is 0.509. The summed E-state index contributed by atoms with van der Waals surface area (Å²) in [6.07, 6.45) is 6.99. The van der Waals surface area contributed by atoms with Crippen LogP contribution in [0.25, 0.3) is 10.9 Å². The van der Waals surface area contributed by atoms with E-state index in [1.807, 2.05) is 42.6 Å². The van der Waals surface area contributed by atoms with Crippen molar-refractivity contribution in [3.63, 3.8) is 0 Å². The van der Waals surface area contributed by atoms with Crippen molar-refractivity contribution in [3.8, 4) is 11.5 Å². The van der Waals surface area contributed by atoms with E-state index in [0.717, 1.165) is 24.9 Å². The van der Waals surface area contributed by atoms with E-state index >= 15 is 0 Å². The van der Waals surface area contributed by atoms with E-state index in [9.17, 15) is 10.2 Å². The number of benzene rings is 2. The number of phenolic OH excluding ortho intramolecular Hbond substituents is 1. The second-order valence-electron chi connectivity index (χ2n) is 9.13. The summed E-state index contributed by atoms with van der Waals surface area (Å²) in [5, 5.41) is 21.8. The van der Waals surface area contributed by atoms with Gasteiger partial charge in [-0.3, -0.25) is 4.98 Å². The third-order valence-electron chi connectivity index (χ3n) is 7.66. The number of phenols is 1. The molecule has 0 amide bonds. The van der Waals surface area contributed by atoms with Crippen molar-refractivity contribution in [2.24, 2.45) is 5.92 Å². The summed E-state index contributed by atoms with van der Waals surface area (Å²) in [5.41, 5.74) is 3.35. The highest BCUT2D eigenvalue weighted by Gasteiger charge is 2.64. The summed E-state index contributed by atoms with van der Waals surface area (Å²) in [7, 11) is 2.19. The summed E-state index contributed by atoms with van der Waals surface area (Å²) in [5.74, 6) is 1.19. The first-order valence-corrected chi connectivity index (χ1v) is 11.0. The minimum absolute atomic E-state index is 0. The number of aliphatic hydroxyl groups excluding tert-OH is 1. The van der Waals surface area contributed by atoms with Gasteiger partial charge in [-0.1, -0.05) is 42.5 Å². The minimum Gasteiger partial charge on any atom is -0.504 e. The number of hydrogen-bond donors (Lipinski definition) is 2. The van der Waals surface area contributed by atoms with E-state index in [4.69, 9.17) is 4.74 Å². The molecule has 2 aliphatic heterocycles. The fourth-order valence-electron chi connectivity index (χ4n) is 6.25. The van der Waals surface area contributed by atoms with Crippen molar-refractivity contribution in [1.82, 2.24) is 9.88 Å². The van der Waals surface area contributed by atoms with Crippen LogP contribution in [0.2, 0.25) is 0 Å². The first-order valence-electron chi connectivity index (χ1n) is 11.0. The SMILES string of the molecule is CN1CC[C@]23c4c5ccc(O)c4O[C@H]2[C@@H](O)C=C[C@H]3[C@H]1C5.Cl.c1ccc2ncccc2c1. The molecule has 2 N–H and O–H groups in total. The Kier molecular flexibility index (Phi) is 5.16. The Morgan fingerprint density at radius 3 is 2.75 bits per heavy atom. The lowest BCUT2D eigenvalue weighted by Crippen LogP contribution is -2.64. The van der Waals surface area contributed by atoms with Gasteiger partial charge in [-0.2, -0.15) is 0 Å². The van der Waals surface area contributed by atoms with Crippen LogP contribution in [-0.4, -0.2) is 51.9 Å². The maximum atomic E-state index is 10.4. The highest BCUT2D eigenvalue weighted by molar-refractivity contribution is 5.85. The fourth-order valence-corrected chi connectivity index (χ4v) is 6.25. The number of pyridine rings is 1. The molecule has 6 heteroatoms. The number of aromatic nitrogens is 1. The number of aromatic hydroxyl groups is 1. The molecule has 7 rings (SSSR count). The van der Waals surface area contributed by atoms with E-state index in [-0.39, 0.29) is 29.7 Å². The van der Waals surface area contributed by atoms with Crippen molar-refractivity contribution in [2.45, 2.75) is 36.5 Å². The fraction of sp³-hybridized carbons (Fsp3) is 0.346. The normalized spacial score (nSPS) is 31.1. The molecule has 1 saturated heterocycles. The molecule has 2 aliphatic carbocycles. The van der Waals surface area contributed by atoms with Gasteiger partial charge in [0.25, 0.3) is 0 Å². The second kappa shape index (κ2) is 7.77. The Morgan fingerprint density at radius 1 is 1.09 bits per heavy atom. The number of rotatable bonds is 0. The molecular weight excluding hydrogens is 424 g/mol. The predicted octanol–water partition coefficient (Wildman–Crippen LogP) is 3.85. The summed E-state index contributed by atoms with van der Waals surface area (Å²) in [4.78, 5) is 6.61. The van der Waals surface area contributed by atoms with Crippen molar-refractivity contribution >= 4 is 23.3 Å². The maximum Gasteiger partial charge on any atom is 0.165 e. The van der Waals surface area contributed by atoms with Crippen LogP contribution in [0.5, 0.6) is 11.5 Å². The molecule has 0 radical (unpaired) electrons. The van der Waals surface area contributed by atoms with Gasteiger partial charge in [0.1, 0.15) is 12.2 Å². The van der Waals surface area contributed by atoms with E-state index < -0.39 is 6.10 Å². The first kappa shape index (κ1) is 21.3. The van der Waals surface area contributed by atoms with Crippen molar-refractivity contribution in [1.29, 1.82) is 0 Å². The molecule has 5 atom stereocenters. The molecule has 1 spiro atoms. The number of ether oxygens (including phenoxy) is 1. The van der Waals surface area contributed by atoms with Crippen LogP contribution in [0.15, 0.2) is 66.9 Å². The zero-order chi connectivity index (χ0) is 21.2. The highest BCUT2D eigenvalue weighted by atomic mass is 35.5. The Labute approximate surface area is 193 Å². The topological polar surface area (TPSA) is 65.8 Å². The Bertz CT molecular complexity index is 1130. The van der Waals surface area contributed by atoms with Gasteiger partial charge in [-0.15, -0.1) is 12.4 Å². The zero-order valence-corrected chi connectivity index (χ0v) is 18.7. The summed E-state index contributed by atoms with van der Waals surface area (Å²) in [6.45, 7) is 1.01. The van der Waals surface area contributed by atoms with Crippen molar-refractivity contribution in [3.05, 3.63) is 78.0 Å². The number of likely N-dealkylation sites (N-methyl/N-ethyl adjacent to an activating group) is 1.